The molecule has 0 aromatic heterocycles. The van der Waals surface area contributed by atoms with E-state index in [2.05, 4.69) is 5.32 Å². The van der Waals surface area contributed by atoms with Crippen LogP contribution < -0.4 is 20.5 Å². The van der Waals surface area contributed by atoms with Gasteiger partial charge in [-0.1, -0.05) is 11.6 Å². The molecule has 0 spiro atoms. The Morgan fingerprint density at radius 3 is 2.47 bits per heavy atom. The van der Waals surface area contributed by atoms with Gasteiger partial charge in [-0.3, -0.25) is 5.41 Å². The number of carbonyl (C=O) groups is 2. The predicted octanol–water partition coefficient (Wildman–Crippen LogP) is 2.81. The maximum Gasteiger partial charge on any atom is 0.344 e. The maximum atomic E-state index is 12.0. The second-order valence-corrected chi connectivity index (χ2v) is 6.46. The molecule has 30 heavy (non-hydrogen) atoms. The first-order chi connectivity index (χ1) is 14.3. The van der Waals surface area contributed by atoms with Gasteiger partial charge < -0.3 is 30.4 Å². The highest BCUT2D eigenvalue weighted by Crippen LogP contribution is 2.39. The average molecular weight is 436 g/mol. The first-order valence-electron chi connectivity index (χ1n) is 8.86. The summed E-state index contributed by atoms with van der Waals surface area (Å²) in [4.78, 5) is 23.7. The quantitative estimate of drug-likeness (QED) is 0.253. The van der Waals surface area contributed by atoms with E-state index in [9.17, 15) is 14.7 Å². The molecule has 5 N–H and O–H groups in total. The number of carboxylic acid groups (broad SMARTS) is 1. The van der Waals surface area contributed by atoms with Gasteiger partial charge in [-0.2, -0.15) is 0 Å². The summed E-state index contributed by atoms with van der Waals surface area (Å²) in [5.74, 6) is -1.71. The fourth-order valence-electron chi connectivity index (χ4n) is 2.63. The molecule has 2 rings (SSSR count). The molecular formula is C20H22ClN3O6. The van der Waals surface area contributed by atoms with E-state index in [-0.39, 0.29) is 34.5 Å². The number of nitrogen functional groups attached to an aromatic ring is 1. The van der Waals surface area contributed by atoms with Crippen LogP contribution in [0.5, 0.6) is 11.5 Å². The van der Waals surface area contributed by atoms with Crippen LogP contribution in [-0.4, -0.2) is 43.2 Å². The summed E-state index contributed by atoms with van der Waals surface area (Å²) < 4.78 is 15.6. The fourth-order valence-corrected chi connectivity index (χ4v) is 2.84. The topological polar surface area (TPSA) is 144 Å². The van der Waals surface area contributed by atoms with Crippen molar-refractivity contribution in [1.29, 1.82) is 5.41 Å². The van der Waals surface area contributed by atoms with Gasteiger partial charge in [-0.25, -0.2) is 9.59 Å². The predicted molar refractivity (Wildman–Crippen MR) is 112 cm³/mol. The first kappa shape index (κ1) is 22.8. The molecule has 0 aliphatic heterocycles. The number of benzene rings is 2. The normalized spacial score (nSPS) is 11.3. The number of methoxy groups -OCH3 is 1. The van der Waals surface area contributed by atoms with Crippen LogP contribution in [0.4, 0.5) is 5.69 Å². The molecule has 9 nitrogen and oxygen atoms in total. The largest absolute Gasteiger partial charge is 0.493 e. The highest BCUT2D eigenvalue weighted by Gasteiger charge is 2.27. The molecule has 0 saturated heterocycles. The van der Waals surface area contributed by atoms with Crippen LogP contribution in [0, 0.1) is 5.41 Å². The monoisotopic (exact) mass is 435 g/mol. The molecule has 2 aromatic rings. The number of ether oxygens (including phenoxy) is 3. The zero-order valence-corrected chi connectivity index (χ0v) is 17.2. The molecule has 0 heterocycles. The summed E-state index contributed by atoms with van der Waals surface area (Å²) >= 11 is 6.14. The van der Waals surface area contributed by atoms with Crippen molar-refractivity contribution in [2.45, 2.75) is 13.0 Å². The Kier molecular flexibility index (Phi) is 7.88. The summed E-state index contributed by atoms with van der Waals surface area (Å²) in [5, 5.41) is 20.4. The molecule has 160 valence electrons. The molecular weight excluding hydrogens is 414 g/mol. The third-order valence-corrected chi connectivity index (χ3v) is 4.19. The molecule has 10 heteroatoms. The Hall–Kier alpha value is -3.46. The van der Waals surface area contributed by atoms with Gasteiger partial charge in [0.2, 0.25) is 0 Å². The summed E-state index contributed by atoms with van der Waals surface area (Å²) in [5.41, 5.74) is 6.55. The lowest BCUT2D eigenvalue weighted by atomic mass is 10.0. The number of esters is 1. The number of amidine groups is 1. The highest BCUT2D eigenvalue weighted by atomic mass is 35.5. The molecule has 2 aromatic carbocycles. The number of halogens is 1. The summed E-state index contributed by atoms with van der Waals surface area (Å²) in [6.07, 6.45) is 0. The highest BCUT2D eigenvalue weighted by molar-refractivity contribution is 6.31. The van der Waals surface area contributed by atoms with Crippen molar-refractivity contribution >= 4 is 35.1 Å². The molecule has 1 atom stereocenters. The molecule has 0 saturated carbocycles. The van der Waals surface area contributed by atoms with Gasteiger partial charge in [-0.15, -0.1) is 0 Å². The van der Waals surface area contributed by atoms with Gasteiger partial charge in [0.1, 0.15) is 5.84 Å². The standard InChI is InChI=1S/C20H22ClN3O6/c1-3-29-16(25)10-30-18-14(8-12(21)9-15(18)28-2)17(20(26)27)24-13-6-4-11(5-7-13)19(22)23/h4-9,17,24H,3,10H2,1-2H3,(H3,22,23)(H,26,27). The van der Waals surface area contributed by atoms with Crippen molar-refractivity contribution in [1.82, 2.24) is 0 Å². The summed E-state index contributed by atoms with van der Waals surface area (Å²) in [6.45, 7) is 1.41. The minimum atomic E-state index is -1.28. The van der Waals surface area contributed by atoms with Gasteiger partial charge in [0.15, 0.2) is 24.1 Å². The molecule has 0 fully saturated rings. The van der Waals surface area contributed by atoms with Gasteiger partial charge in [0.05, 0.1) is 13.7 Å². The molecule has 0 bridgehead atoms. The van der Waals surface area contributed by atoms with Crippen molar-refractivity contribution < 1.29 is 28.9 Å². The number of hydrogen-bond donors (Lipinski definition) is 4. The van der Waals surface area contributed by atoms with Crippen molar-refractivity contribution in [2.24, 2.45) is 5.73 Å². The zero-order valence-electron chi connectivity index (χ0n) is 16.4. The molecule has 0 aliphatic rings. The van der Waals surface area contributed by atoms with Gasteiger partial charge >= 0.3 is 11.9 Å². The van der Waals surface area contributed by atoms with E-state index in [4.69, 9.17) is 37.0 Å². The lowest BCUT2D eigenvalue weighted by molar-refractivity contribution is -0.145. The minimum Gasteiger partial charge on any atom is -0.493 e. The molecule has 0 aliphatic carbocycles. The van der Waals surface area contributed by atoms with E-state index in [1.165, 1.54) is 19.2 Å². The number of hydrogen-bond acceptors (Lipinski definition) is 7. The van der Waals surface area contributed by atoms with Gasteiger partial charge in [0.25, 0.3) is 0 Å². The van der Waals surface area contributed by atoms with Crippen LogP contribution in [0.15, 0.2) is 36.4 Å². The van der Waals surface area contributed by atoms with Crippen molar-refractivity contribution in [3.63, 3.8) is 0 Å². The number of carboxylic acids is 1. The number of nitrogens with one attached hydrogen (secondary N) is 2. The smallest absolute Gasteiger partial charge is 0.344 e. The van der Waals surface area contributed by atoms with E-state index in [1.807, 2.05) is 0 Å². The molecule has 1 unspecified atom stereocenters. The summed E-state index contributed by atoms with van der Waals surface area (Å²) in [6, 6.07) is 7.94. The Morgan fingerprint density at radius 1 is 1.27 bits per heavy atom. The van der Waals surface area contributed by atoms with Crippen LogP contribution >= 0.6 is 11.6 Å². The van der Waals surface area contributed by atoms with E-state index in [1.54, 1.807) is 31.2 Å². The van der Waals surface area contributed by atoms with Crippen LogP contribution in [0.25, 0.3) is 0 Å². The lowest BCUT2D eigenvalue weighted by Gasteiger charge is -2.21. The summed E-state index contributed by atoms with van der Waals surface area (Å²) in [7, 11) is 1.37. The van der Waals surface area contributed by atoms with Crippen LogP contribution in [0.1, 0.15) is 24.1 Å². The molecule has 0 radical (unpaired) electrons. The Balaban J connectivity index is 2.42. The fraction of sp³-hybridized carbons (Fsp3) is 0.250. The van der Waals surface area contributed by atoms with Crippen LogP contribution in [0.3, 0.4) is 0 Å². The number of rotatable bonds is 10. The zero-order chi connectivity index (χ0) is 22.3. The molecule has 0 amide bonds. The first-order valence-corrected chi connectivity index (χ1v) is 9.24. The minimum absolute atomic E-state index is 0.0511. The van der Waals surface area contributed by atoms with Crippen molar-refractivity contribution in [3.8, 4) is 11.5 Å². The Bertz CT molecular complexity index is 933. The van der Waals surface area contributed by atoms with E-state index in [0.717, 1.165) is 0 Å². The number of carbonyl (C=O) groups excluding carboxylic acids is 1. The number of nitrogens with two attached hydrogens (primary N) is 1. The lowest BCUT2D eigenvalue weighted by Crippen LogP contribution is -2.23. The van der Waals surface area contributed by atoms with Crippen molar-refractivity contribution in [3.05, 3.63) is 52.5 Å². The second-order valence-electron chi connectivity index (χ2n) is 6.03. The SMILES string of the molecule is CCOC(=O)COc1c(OC)cc(Cl)cc1C(Nc1ccc(C(=N)N)cc1)C(=O)O. The van der Waals surface area contributed by atoms with Gasteiger partial charge in [-0.05, 0) is 37.3 Å². The average Bonchev–Trinajstić information content (AvgIpc) is 2.70. The van der Waals surface area contributed by atoms with E-state index in [0.29, 0.717) is 11.3 Å². The second kappa shape index (κ2) is 10.4. The Morgan fingerprint density at radius 2 is 1.93 bits per heavy atom. The van der Waals surface area contributed by atoms with Crippen LogP contribution in [-0.2, 0) is 14.3 Å². The maximum absolute atomic E-state index is 12.0. The third-order valence-electron chi connectivity index (χ3n) is 3.97. The number of anilines is 1. The van der Waals surface area contributed by atoms with Gasteiger partial charge in [0, 0.05) is 27.9 Å². The van der Waals surface area contributed by atoms with E-state index >= 15 is 0 Å². The third kappa shape index (κ3) is 5.77. The van der Waals surface area contributed by atoms with Crippen LogP contribution in [0.2, 0.25) is 5.02 Å². The van der Waals surface area contributed by atoms with E-state index < -0.39 is 24.6 Å². The Labute approximate surface area is 178 Å². The van der Waals surface area contributed by atoms with Crippen molar-refractivity contribution in [2.75, 3.05) is 25.6 Å². The number of aliphatic carboxylic acids is 1.